The lowest BCUT2D eigenvalue weighted by Gasteiger charge is -2.21. The molecule has 0 aliphatic heterocycles. The normalized spacial score (nSPS) is 13.8. The van der Waals surface area contributed by atoms with Crippen molar-refractivity contribution in [3.8, 4) is 11.1 Å². The molecule has 1 fully saturated rings. The summed E-state index contributed by atoms with van der Waals surface area (Å²) in [5.41, 5.74) is 7.99. The van der Waals surface area contributed by atoms with E-state index in [4.69, 9.17) is 0 Å². The summed E-state index contributed by atoms with van der Waals surface area (Å²) in [6.07, 6.45) is 11.0. The van der Waals surface area contributed by atoms with Crippen LogP contribution in [0, 0.1) is 12.8 Å². The molecule has 1 saturated carbocycles. The number of hydrogen-bond acceptors (Lipinski definition) is 1. The van der Waals surface area contributed by atoms with Crippen molar-refractivity contribution >= 4 is 17.4 Å². The molecule has 36 heavy (non-hydrogen) atoms. The summed E-state index contributed by atoms with van der Waals surface area (Å²) in [5, 5.41) is 6.28. The molecule has 3 aromatic carbocycles. The van der Waals surface area contributed by atoms with Gasteiger partial charge in [-0.25, -0.2) is 4.79 Å². The van der Waals surface area contributed by atoms with Gasteiger partial charge in [-0.05, 0) is 78.0 Å². The minimum absolute atomic E-state index is 0.186. The number of hydrogen-bond donors (Lipinski definition) is 2. The van der Waals surface area contributed by atoms with Crippen LogP contribution in [-0.2, 0) is 6.42 Å². The number of carbonyl (C=O) groups excluding carboxylic acids is 1. The van der Waals surface area contributed by atoms with Crippen molar-refractivity contribution in [1.29, 1.82) is 0 Å². The lowest BCUT2D eigenvalue weighted by Crippen LogP contribution is -2.21. The van der Waals surface area contributed by atoms with Crippen molar-refractivity contribution in [3.05, 3.63) is 83.4 Å². The third-order valence-electron chi connectivity index (χ3n) is 7.72. The zero-order valence-corrected chi connectivity index (χ0v) is 22.3. The summed E-state index contributed by atoms with van der Waals surface area (Å²) in [6, 6.07) is 23.3. The van der Waals surface area contributed by atoms with E-state index < -0.39 is 0 Å². The molecule has 0 aromatic heterocycles. The molecule has 0 spiro atoms. The first-order valence-corrected chi connectivity index (χ1v) is 13.9. The van der Waals surface area contributed by atoms with Crippen molar-refractivity contribution in [2.45, 2.75) is 84.5 Å². The van der Waals surface area contributed by atoms with E-state index in [2.05, 4.69) is 66.9 Å². The number of urea groups is 1. The molecule has 2 amide bonds. The molecule has 3 nitrogen and oxygen atoms in total. The Kier molecular flexibility index (Phi) is 9.22. The van der Waals surface area contributed by atoms with Crippen molar-refractivity contribution < 1.29 is 4.79 Å². The molecule has 0 saturated heterocycles. The molecule has 190 valence electrons. The zero-order chi connectivity index (χ0) is 25.3. The van der Waals surface area contributed by atoms with E-state index >= 15 is 0 Å². The third-order valence-corrected chi connectivity index (χ3v) is 7.72. The third kappa shape index (κ3) is 6.57. The molecule has 0 atom stereocenters. The number of aryl methyl sites for hydroxylation is 1. The Bertz CT molecular complexity index is 1140. The molecule has 1 aliphatic rings. The van der Waals surface area contributed by atoms with E-state index in [9.17, 15) is 4.79 Å². The maximum absolute atomic E-state index is 13.1. The minimum atomic E-state index is -0.186. The van der Waals surface area contributed by atoms with Crippen LogP contribution in [0.15, 0.2) is 66.7 Å². The summed E-state index contributed by atoms with van der Waals surface area (Å²) < 4.78 is 0. The first-order chi connectivity index (χ1) is 17.6. The fourth-order valence-electron chi connectivity index (χ4n) is 5.86. The quantitative estimate of drug-likeness (QED) is 0.297. The van der Waals surface area contributed by atoms with Crippen molar-refractivity contribution in [3.63, 3.8) is 0 Å². The Morgan fingerprint density at radius 2 is 1.53 bits per heavy atom. The second-order valence-corrected chi connectivity index (χ2v) is 10.5. The number of para-hydroxylation sites is 1. The average molecular weight is 483 g/mol. The standard InChI is InChI=1S/C33H42N2O/c1-4-12-25(13-5-2)22-28-21-20-27(30-18-10-9-17-29(30)26-15-7-8-16-26)23-32(28)35-33(36)34-31-19-11-6-14-24(31)3/h6,9-11,14,17-21,23,25-26H,4-5,7-8,12-13,15-16,22H2,1-3H3,(H2,34,35,36). The van der Waals surface area contributed by atoms with Gasteiger partial charge in [-0.2, -0.15) is 0 Å². The minimum Gasteiger partial charge on any atom is -0.307 e. The molecule has 1 aliphatic carbocycles. The van der Waals surface area contributed by atoms with Crippen LogP contribution in [0.4, 0.5) is 16.2 Å². The lowest BCUT2D eigenvalue weighted by molar-refractivity contribution is 0.262. The topological polar surface area (TPSA) is 41.1 Å². The van der Waals surface area contributed by atoms with Gasteiger partial charge >= 0.3 is 6.03 Å². The van der Waals surface area contributed by atoms with Crippen LogP contribution in [0.5, 0.6) is 0 Å². The molecule has 0 radical (unpaired) electrons. The highest BCUT2D eigenvalue weighted by Gasteiger charge is 2.21. The van der Waals surface area contributed by atoms with Crippen LogP contribution in [0.25, 0.3) is 11.1 Å². The summed E-state index contributed by atoms with van der Waals surface area (Å²) in [7, 11) is 0. The SMILES string of the molecule is CCCC(CCC)Cc1ccc(-c2ccccc2C2CCCC2)cc1NC(=O)Nc1ccccc1C. The van der Waals surface area contributed by atoms with E-state index in [0.717, 1.165) is 23.4 Å². The monoisotopic (exact) mass is 482 g/mol. The second-order valence-electron chi connectivity index (χ2n) is 10.5. The highest BCUT2D eigenvalue weighted by Crippen LogP contribution is 2.40. The van der Waals surface area contributed by atoms with Crippen LogP contribution >= 0.6 is 0 Å². The smallest absolute Gasteiger partial charge is 0.307 e. The van der Waals surface area contributed by atoms with Gasteiger partial charge in [-0.15, -0.1) is 0 Å². The van der Waals surface area contributed by atoms with E-state index in [1.54, 1.807) is 0 Å². The maximum Gasteiger partial charge on any atom is 0.323 e. The molecular weight excluding hydrogens is 440 g/mol. The van der Waals surface area contributed by atoms with Gasteiger partial charge in [-0.1, -0.05) is 107 Å². The van der Waals surface area contributed by atoms with Crippen molar-refractivity contribution in [2.24, 2.45) is 5.92 Å². The molecule has 3 aromatic rings. The van der Waals surface area contributed by atoms with Crippen LogP contribution < -0.4 is 10.6 Å². The van der Waals surface area contributed by atoms with Crippen molar-refractivity contribution in [2.75, 3.05) is 10.6 Å². The summed E-state index contributed by atoms with van der Waals surface area (Å²) in [6.45, 7) is 6.54. The van der Waals surface area contributed by atoms with Crippen LogP contribution in [-0.4, -0.2) is 6.03 Å². The van der Waals surface area contributed by atoms with Gasteiger partial charge in [0.25, 0.3) is 0 Å². The van der Waals surface area contributed by atoms with Crippen LogP contribution in [0.3, 0.4) is 0 Å². The molecule has 4 rings (SSSR count). The van der Waals surface area contributed by atoms with E-state index in [0.29, 0.717) is 11.8 Å². The molecular formula is C33H42N2O. The predicted octanol–water partition coefficient (Wildman–Crippen LogP) is 9.72. The van der Waals surface area contributed by atoms with E-state index in [1.165, 1.54) is 73.6 Å². The van der Waals surface area contributed by atoms with Gasteiger partial charge in [0.2, 0.25) is 0 Å². The second kappa shape index (κ2) is 12.8. The Labute approximate surface area is 217 Å². The number of anilines is 2. The highest BCUT2D eigenvalue weighted by atomic mass is 16.2. The predicted molar refractivity (Wildman–Crippen MR) is 154 cm³/mol. The molecule has 2 N–H and O–H groups in total. The number of benzene rings is 3. The Morgan fingerprint density at radius 1 is 0.861 bits per heavy atom. The van der Waals surface area contributed by atoms with Crippen molar-refractivity contribution in [1.82, 2.24) is 0 Å². The fraction of sp³-hybridized carbons (Fsp3) is 0.424. The highest BCUT2D eigenvalue weighted by molar-refractivity contribution is 6.01. The lowest BCUT2D eigenvalue weighted by atomic mass is 9.87. The number of rotatable bonds is 10. The largest absolute Gasteiger partial charge is 0.323 e. The van der Waals surface area contributed by atoms with Gasteiger partial charge in [0.15, 0.2) is 0 Å². The molecule has 0 heterocycles. The summed E-state index contributed by atoms with van der Waals surface area (Å²) in [4.78, 5) is 13.1. The van der Waals surface area contributed by atoms with Gasteiger partial charge in [0, 0.05) is 11.4 Å². The first-order valence-electron chi connectivity index (χ1n) is 13.9. The zero-order valence-electron chi connectivity index (χ0n) is 22.3. The molecule has 0 unspecified atom stereocenters. The first kappa shape index (κ1) is 26.0. The average Bonchev–Trinajstić information content (AvgIpc) is 3.42. The van der Waals surface area contributed by atoms with Crippen LogP contribution in [0.1, 0.15) is 87.8 Å². The van der Waals surface area contributed by atoms with E-state index in [1.807, 2.05) is 31.2 Å². The Balaban J connectivity index is 1.66. The fourth-order valence-corrected chi connectivity index (χ4v) is 5.86. The van der Waals surface area contributed by atoms with Gasteiger partial charge < -0.3 is 10.6 Å². The van der Waals surface area contributed by atoms with Gasteiger partial charge in [-0.3, -0.25) is 0 Å². The van der Waals surface area contributed by atoms with Gasteiger partial charge in [0.05, 0.1) is 0 Å². The maximum atomic E-state index is 13.1. The van der Waals surface area contributed by atoms with Crippen LogP contribution in [0.2, 0.25) is 0 Å². The molecule has 3 heteroatoms. The summed E-state index contributed by atoms with van der Waals surface area (Å²) in [5.74, 6) is 1.27. The molecule has 0 bridgehead atoms. The number of nitrogens with one attached hydrogen (secondary N) is 2. The number of amides is 2. The summed E-state index contributed by atoms with van der Waals surface area (Å²) >= 11 is 0. The Hall–Kier alpha value is -3.07. The Morgan fingerprint density at radius 3 is 2.25 bits per heavy atom. The van der Waals surface area contributed by atoms with E-state index in [-0.39, 0.29) is 6.03 Å². The number of carbonyl (C=O) groups is 1. The van der Waals surface area contributed by atoms with Gasteiger partial charge in [0.1, 0.15) is 0 Å².